The molecule has 1 unspecified atom stereocenters. The first-order valence-electron chi connectivity index (χ1n) is 7.78. The van der Waals surface area contributed by atoms with E-state index in [1.165, 1.54) is 24.0 Å². The molecule has 5 heteroatoms. The lowest BCUT2D eigenvalue weighted by atomic mass is 10.0. The van der Waals surface area contributed by atoms with Crippen molar-refractivity contribution in [2.24, 2.45) is 0 Å². The van der Waals surface area contributed by atoms with E-state index in [2.05, 4.69) is 48.2 Å². The maximum absolute atomic E-state index is 11.5. The molecule has 1 atom stereocenters. The molecule has 21 heavy (non-hydrogen) atoms. The lowest BCUT2D eigenvalue weighted by molar-refractivity contribution is 0.564. The van der Waals surface area contributed by atoms with E-state index >= 15 is 0 Å². The van der Waals surface area contributed by atoms with Gasteiger partial charge in [-0.2, -0.15) is 0 Å². The third-order valence-corrected chi connectivity index (χ3v) is 4.95. The Labute approximate surface area is 129 Å². The molecule has 0 heterocycles. The number of hydrogen-bond donors (Lipinski definition) is 2. The summed E-state index contributed by atoms with van der Waals surface area (Å²) < 4.78 is 25.6. The van der Waals surface area contributed by atoms with Gasteiger partial charge in [-0.1, -0.05) is 44.5 Å². The highest BCUT2D eigenvalue weighted by molar-refractivity contribution is 7.89. The Morgan fingerprint density at radius 1 is 1.14 bits per heavy atom. The van der Waals surface area contributed by atoms with Gasteiger partial charge >= 0.3 is 0 Å². The maximum atomic E-state index is 11.5. The Hall–Kier alpha value is -0.910. The van der Waals surface area contributed by atoms with Crippen LogP contribution in [0.1, 0.15) is 50.8 Å². The normalized spacial score (nSPS) is 13.3. The highest BCUT2D eigenvalue weighted by atomic mass is 32.2. The number of rotatable bonds is 10. The molecule has 1 aromatic carbocycles. The van der Waals surface area contributed by atoms with Crippen molar-refractivity contribution in [3.8, 4) is 0 Å². The molecule has 1 aromatic rings. The minimum absolute atomic E-state index is 0.111. The predicted molar refractivity (Wildman–Crippen MR) is 88.9 cm³/mol. The van der Waals surface area contributed by atoms with Crippen LogP contribution in [0.5, 0.6) is 0 Å². The van der Waals surface area contributed by atoms with Crippen LogP contribution in [0.3, 0.4) is 0 Å². The summed E-state index contributed by atoms with van der Waals surface area (Å²) in [6, 6.07) is 8.74. The molecule has 0 aromatic heterocycles. The predicted octanol–water partition coefficient (Wildman–Crippen LogP) is 2.62. The van der Waals surface area contributed by atoms with Crippen LogP contribution in [-0.2, 0) is 16.4 Å². The van der Waals surface area contributed by atoms with Gasteiger partial charge in [-0.15, -0.1) is 0 Å². The minimum atomic E-state index is -3.14. The molecule has 0 saturated carbocycles. The Morgan fingerprint density at radius 2 is 1.81 bits per heavy atom. The standard InChI is InChI=1S/C16H28N2O2S/c1-4-6-7-15-8-10-16(11-9-15)14(3)17-12-13-21(19,20)18-5-2/h8-11,14,17-18H,4-7,12-13H2,1-3H3. The third kappa shape index (κ3) is 7.07. The van der Waals surface area contributed by atoms with Gasteiger partial charge in [0.05, 0.1) is 5.75 Å². The molecule has 0 aliphatic heterocycles. The van der Waals surface area contributed by atoms with E-state index < -0.39 is 10.0 Å². The summed E-state index contributed by atoms with van der Waals surface area (Å²) in [5.74, 6) is 0.111. The van der Waals surface area contributed by atoms with E-state index in [1.807, 2.05) is 0 Å². The van der Waals surface area contributed by atoms with E-state index in [-0.39, 0.29) is 11.8 Å². The van der Waals surface area contributed by atoms with E-state index in [0.29, 0.717) is 13.1 Å². The summed E-state index contributed by atoms with van der Waals surface area (Å²) in [4.78, 5) is 0. The zero-order valence-electron chi connectivity index (χ0n) is 13.4. The Bertz CT molecular complexity index is 498. The van der Waals surface area contributed by atoms with Crippen LogP contribution in [0.15, 0.2) is 24.3 Å². The summed E-state index contributed by atoms with van der Waals surface area (Å²) >= 11 is 0. The number of hydrogen-bond acceptors (Lipinski definition) is 3. The van der Waals surface area contributed by atoms with Gasteiger partial charge in [0.25, 0.3) is 0 Å². The molecule has 120 valence electrons. The second-order valence-corrected chi connectivity index (χ2v) is 7.26. The Balaban J connectivity index is 2.43. The highest BCUT2D eigenvalue weighted by Gasteiger charge is 2.10. The minimum Gasteiger partial charge on any atom is -0.309 e. The zero-order chi connectivity index (χ0) is 15.7. The number of aryl methyl sites for hydroxylation is 1. The molecule has 0 bridgehead atoms. The largest absolute Gasteiger partial charge is 0.309 e. The first-order chi connectivity index (χ1) is 9.98. The van der Waals surface area contributed by atoms with Crippen molar-refractivity contribution in [3.63, 3.8) is 0 Å². The molecular weight excluding hydrogens is 284 g/mol. The van der Waals surface area contributed by atoms with E-state index in [9.17, 15) is 8.42 Å². The van der Waals surface area contributed by atoms with Crippen molar-refractivity contribution < 1.29 is 8.42 Å². The van der Waals surface area contributed by atoms with Gasteiger partial charge in [0, 0.05) is 19.1 Å². The zero-order valence-corrected chi connectivity index (χ0v) is 14.2. The average molecular weight is 312 g/mol. The molecule has 2 N–H and O–H groups in total. The molecular formula is C16H28N2O2S. The van der Waals surface area contributed by atoms with Crippen LogP contribution in [0, 0.1) is 0 Å². The fraction of sp³-hybridized carbons (Fsp3) is 0.625. The van der Waals surface area contributed by atoms with Crippen LogP contribution in [0.4, 0.5) is 0 Å². The summed E-state index contributed by atoms with van der Waals surface area (Å²) in [7, 11) is -3.14. The SMILES string of the molecule is CCCCc1ccc(C(C)NCCS(=O)(=O)NCC)cc1. The first kappa shape index (κ1) is 18.1. The van der Waals surface area contributed by atoms with Gasteiger partial charge in [0.2, 0.25) is 10.0 Å². The van der Waals surface area contributed by atoms with Crippen molar-refractivity contribution in [3.05, 3.63) is 35.4 Å². The van der Waals surface area contributed by atoms with Gasteiger partial charge in [-0.05, 0) is 30.9 Å². The van der Waals surface area contributed by atoms with Crippen molar-refractivity contribution in [1.29, 1.82) is 0 Å². The van der Waals surface area contributed by atoms with Crippen LogP contribution in [0.2, 0.25) is 0 Å². The average Bonchev–Trinajstić information content (AvgIpc) is 2.45. The van der Waals surface area contributed by atoms with Crippen molar-refractivity contribution in [1.82, 2.24) is 10.0 Å². The molecule has 0 aliphatic rings. The van der Waals surface area contributed by atoms with Crippen LogP contribution < -0.4 is 10.0 Å². The smallest absolute Gasteiger partial charge is 0.212 e. The molecule has 0 radical (unpaired) electrons. The lowest BCUT2D eigenvalue weighted by Crippen LogP contribution is -2.32. The van der Waals surface area contributed by atoms with Crippen LogP contribution in [-0.4, -0.2) is 27.3 Å². The second kappa shape index (κ2) is 9.18. The van der Waals surface area contributed by atoms with Gasteiger partial charge in [-0.25, -0.2) is 13.1 Å². The molecule has 4 nitrogen and oxygen atoms in total. The Kier molecular flexibility index (Phi) is 7.93. The van der Waals surface area contributed by atoms with Crippen LogP contribution in [0.25, 0.3) is 0 Å². The number of nitrogens with one attached hydrogen (secondary N) is 2. The quantitative estimate of drug-likeness (QED) is 0.698. The lowest BCUT2D eigenvalue weighted by Gasteiger charge is -2.15. The van der Waals surface area contributed by atoms with Gasteiger partial charge in [0.15, 0.2) is 0 Å². The van der Waals surface area contributed by atoms with Gasteiger partial charge < -0.3 is 5.32 Å². The van der Waals surface area contributed by atoms with Crippen molar-refractivity contribution in [2.45, 2.75) is 46.1 Å². The molecule has 0 spiro atoms. The molecule has 0 saturated heterocycles. The summed E-state index contributed by atoms with van der Waals surface area (Å²) in [5, 5.41) is 3.26. The fourth-order valence-electron chi connectivity index (χ4n) is 2.17. The molecule has 0 fully saturated rings. The van der Waals surface area contributed by atoms with Gasteiger partial charge in [-0.3, -0.25) is 0 Å². The first-order valence-corrected chi connectivity index (χ1v) is 9.43. The highest BCUT2D eigenvalue weighted by Crippen LogP contribution is 2.14. The van der Waals surface area contributed by atoms with Crippen molar-refractivity contribution in [2.75, 3.05) is 18.8 Å². The van der Waals surface area contributed by atoms with E-state index in [4.69, 9.17) is 0 Å². The molecule has 0 amide bonds. The molecule has 0 aliphatic carbocycles. The number of sulfonamides is 1. The monoisotopic (exact) mass is 312 g/mol. The van der Waals surface area contributed by atoms with Gasteiger partial charge in [0.1, 0.15) is 0 Å². The summed E-state index contributed by atoms with van der Waals surface area (Å²) in [5.41, 5.74) is 2.55. The second-order valence-electron chi connectivity index (χ2n) is 5.34. The summed E-state index contributed by atoms with van der Waals surface area (Å²) in [6.07, 6.45) is 3.55. The summed E-state index contributed by atoms with van der Waals surface area (Å²) in [6.45, 7) is 6.93. The number of benzene rings is 1. The fourth-order valence-corrected chi connectivity index (χ4v) is 3.14. The third-order valence-electron chi connectivity index (χ3n) is 3.48. The van der Waals surface area contributed by atoms with Crippen LogP contribution >= 0.6 is 0 Å². The maximum Gasteiger partial charge on any atom is 0.212 e. The van der Waals surface area contributed by atoms with E-state index in [0.717, 1.165) is 6.42 Å². The Morgan fingerprint density at radius 3 is 2.38 bits per heavy atom. The molecule has 1 rings (SSSR count). The topological polar surface area (TPSA) is 58.2 Å². The van der Waals surface area contributed by atoms with E-state index in [1.54, 1.807) is 6.92 Å². The van der Waals surface area contributed by atoms with Crippen molar-refractivity contribution >= 4 is 10.0 Å². The number of unbranched alkanes of at least 4 members (excludes halogenated alkanes) is 1.